The fourth-order valence-corrected chi connectivity index (χ4v) is 2.71. The van der Waals surface area contributed by atoms with Gasteiger partial charge in [-0.15, -0.1) is 0 Å². The number of hydrogen-bond donors (Lipinski definition) is 3. The zero-order valence-electron chi connectivity index (χ0n) is 10.4. The van der Waals surface area contributed by atoms with Gasteiger partial charge in [-0.1, -0.05) is 6.42 Å². The summed E-state index contributed by atoms with van der Waals surface area (Å²) in [4.78, 5) is 0. The maximum atomic E-state index is 13.0. The zero-order chi connectivity index (χ0) is 13.0. The van der Waals surface area contributed by atoms with Crippen molar-refractivity contribution < 1.29 is 14.6 Å². The highest BCUT2D eigenvalue weighted by Gasteiger charge is 2.25. The maximum Gasteiger partial charge on any atom is 0.123 e. The Kier molecular flexibility index (Phi) is 4.55. The predicted octanol–water partition coefficient (Wildman–Crippen LogP) is 2.03. The van der Waals surface area contributed by atoms with Crippen molar-refractivity contribution in [1.82, 2.24) is 5.32 Å². The summed E-state index contributed by atoms with van der Waals surface area (Å²) in [6.45, 7) is 1.51. The van der Waals surface area contributed by atoms with E-state index in [1.165, 1.54) is 24.6 Å². The first-order chi connectivity index (χ1) is 8.70. The molecule has 0 saturated heterocycles. The number of aliphatic hydroxyl groups is 1. The summed E-state index contributed by atoms with van der Waals surface area (Å²) in [5, 5.41) is 22.0. The van der Waals surface area contributed by atoms with E-state index in [-0.39, 0.29) is 18.2 Å². The molecule has 100 valence electrons. The lowest BCUT2D eigenvalue weighted by Crippen LogP contribution is -2.26. The van der Waals surface area contributed by atoms with Gasteiger partial charge in [-0.25, -0.2) is 4.39 Å². The second-order valence-electron chi connectivity index (χ2n) is 5.04. The highest BCUT2D eigenvalue weighted by Crippen LogP contribution is 2.30. The monoisotopic (exact) mass is 253 g/mol. The first-order valence-corrected chi connectivity index (χ1v) is 6.49. The van der Waals surface area contributed by atoms with E-state index in [0.29, 0.717) is 23.9 Å². The molecule has 1 aliphatic carbocycles. The summed E-state index contributed by atoms with van der Waals surface area (Å²) < 4.78 is 13.0. The second kappa shape index (κ2) is 6.16. The number of nitrogens with one attached hydrogen (secondary N) is 1. The molecule has 0 heterocycles. The van der Waals surface area contributed by atoms with E-state index >= 15 is 0 Å². The van der Waals surface area contributed by atoms with E-state index in [9.17, 15) is 14.6 Å². The van der Waals surface area contributed by atoms with Crippen LogP contribution in [0.2, 0.25) is 0 Å². The van der Waals surface area contributed by atoms with Crippen LogP contribution in [0.5, 0.6) is 5.75 Å². The first-order valence-electron chi connectivity index (χ1n) is 6.49. The summed E-state index contributed by atoms with van der Waals surface area (Å²) in [6, 6.07) is 3.97. The molecule has 1 fully saturated rings. The maximum absolute atomic E-state index is 13.0. The number of phenolic OH excluding ortho intramolecular Hbond substituents is 1. The number of aromatic hydroxyl groups is 1. The summed E-state index contributed by atoms with van der Waals surface area (Å²) in [5.41, 5.74) is 0.577. The van der Waals surface area contributed by atoms with E-state index < -0.39 is 0 Å². The van der Waals surface area contributed by atoms with Crippen LogP contribution in [0.3, 0.4) is 0 Å². The Morgan fingerprint density at radius 1 is 1.28 bits per heavy atom. The summed E-state index contributed by atoms with van der Waals surface area (Å²) in [5.74, 6) is 0.664. The molecule has 3 nitrogen and oxygen atoms in total. The lowest BCUT2D eigenvalue weighted by atomic mass is 9.97. The van der Waals surface area contributed by atoms with Gasteiger partial charge in [-0.05, 0) is 49.4 Å². The Balaban J connectivity index is 1.83. The van der Waals surface area contributed by atoms with E-state index in [1.54, 1.807) is 0 Å². The number of aliphatic hydroxyl groups excluding tert-OH is 1. The summed E-state index contributed by atoms with van der Waals surface area (Å²) in [6.07, 6.45) is 3.39. The molecule has 0 aliphatic heterocycles. The molecule has 2 rings (SSSR count). The van der Waals surface area contributed by atoms with Crippen molar-refractivity contribution in [2.45, 2.75) is 25.8 Å². The quantitative estimate of drug-likeness (QED) is 0.752. The van der Waals surface area contributed by atoms with Gasteiger partial charge in [0.2, 0.25) is 0 Å². The number of phenols is 1. The molecule has 1 aromatic carbocycles. The lowest BCUT2D eigenvalue weighted by molar-refractivity contribution is 0.192. The van der Waals surface area contributed by atoms with Gasteiger partial charge in [-0.2, -0.15) is 0 Å². The van der Waals surface area contributed by atoms with Crippen molar-refractivity contribution in [2.75, 3.05) is 13.2 Å². The van der Waals surface area contributed by atoms with Gasteiger partial charge >= 0.3 is 0 Å². The molecular formula is C14H20FNO2. The SMILES string of the molecule is OCC1CCCC1CNCc1cc(F)ccc1O. The van der Waals surface area contributed by atoms with Crippen LogP contribution >= 0.6 is 0 Å². The molecule has 1 aliphatic rings. The topological polar surface area (TPSA) is 52.5 Å². The van der Waals surface area contributed by atoms with Gasteiger partial charge in [0.15, 0.2) is 0 Å². The van der Waals surface area contributed by atoms with Gasteiger partial charge in [0.05, 0.1) is 0 Å². The van der Waals surface area contributed by atoms with Crippen LogP contribution in [-0.2, 0) is 6.54 Å². The number of hydrogen-bond acceptors (Lipinski definition) is 3. The zero-order valence-corrected chi connectivity index (χ0v) is 10.4. The molecule has 0 radical (unpaired) electrons. The molecule has 0 bridgehead atoms. The minimum absolute atomic E-state index is 0.119. The smallest absolute Gasteiger partial charge is 0.123 e. The molecular weight excluding hydrogens is 233 g/mol. The van der Waals surface area contributed by atoms with Crippen LogP contribution in [0, 0.1) is 17.7 Å². The average molecular weight is 253 g/mol. The number of rotatable bonds is 5. The Bertz CT molecular complexity index is 397. The molecule has 0 aromatic heterocycles. The van der Waals surface area contributed by atoms with Gasteiger partial charge in [0.1, 0.15) is 11.6 Å². The van der Waals surface area contributed by atoms with Crippen molar-refractivity contribution in [2.24, 2.45) is 11.8 Å². The third-order valence-corrected chi connectivity index (χ3v) is 3.81. The summed E-state index contributed by atoms with van der Waals surface area (Å²) in [7, 11) is 0. The Morgan fingerprint density at radius 2 is 2.06 bits per heavy atom. The molecule has 2 atom stereocenters. The lowest BCUT2D eigenvalue weighted by Gasteiger charge is -2.18. The third-order valence-electron chi connectivity index (χ3n) is 3.81. The fourth-order valence-electron chi connectivity index (χ4n) is 2.71. The van der Waals surface area contributed by atoms with E-state index in [2.05, 4.69) is 5.32 Å². The summed E-state index contributed by atoms with van der Waals surface area (Å²) >= 11 is 0. The Hall–Kier alpha value is -1.13. The third kappa shape index (κ3) is 3.21. The van der Waals surface area contributed by atoms with Crippen LogP contribution in [-0.4, -0.2) is 23.4 Å². The Morgan fingerprint density at radius 3 is 2.83 bits per heavy atom. The highest BCUT2D eigenvalue weighted by atomic mass is 19.1. The largest absolute Gasteiger partial charge is 0.508 e. The van der Waals surface area contributed by atoms with Crippen molar-refractivity contribution in [3.05, 3.63) is 29.6 Å². The minimum Gasteiger partial charge on any atom is -0.508 e. The van der Waals surface area contributed by atoms with Crippen LogP contribution in [0.15, 0.2) is 18.2 Å². The average Bonchev–Trinajstić information content (AvgIpc) is 2.81. The molecule has 1 aromatic rings. The van der Waals surface area contributed by atoms with Crippen LogP contribution in [0.25, 0.3) is 0 Å². The van der Waals surface area contributed by atoms with Gasteiger partial charge in [0, 0.05) is 18.7 Å². The van der Waals surface area contributed by atoms with Gasteiger partial charge in [0.25, 0.3) is 0 Å². The van der Waals surface area contributed by atoms with Crippen molar-refractivity contribution in [3.63, 3.8) is 0 Å². The molecule has 0 amide bonds. The van der Waals surface area contributed by atoms with E-state index in [1.807, 2.05) is 0 Å². The first kappa shape index (κ1) is 13.3. The molecule has 3 N–H and O–H groups in total. The number of benzene rings is 1. The standard InChI is InChI=1S/C14H20FNO2/c15-13-4-5-14(18)12(6-13)8-16-7-10-2-1-3-11(10)9-17/h4-6,10-11,16-18H,1-3,7-9H2. The minimum atomic E-state index is -0.335. The van der Waals surface area contributed by atoms with Crippen LogP contribution in [0.1, 0.15) is 24.8 Å². The second-order valence-corrected chi connectivity index (χ2v) is 5.04. The fraction of sp³-hybridized carbons (Fsp3) is 0.571. The molecule has 18 heavy (non-hydrogen) atoms. The van der Waals surface area contributed by atoms with Crippen molar-refractivity contribution in [1.29, 1.82) is 0 Å². The van der Waals surface area contributed by atoms with Gasteiger partial charge in [-0.3, -0.25) is 0 Å². The molecule has 2 unspecified atom stereocenters. The Labute approximate surface area is 107 Å². The van der Waals surface area contributed by atoms with E-state index in [0.717, 1.165) is 19.4 Å². The van der Waals surface area contributed by atoms with E-state index in [4.69, 9.17) is 0 Å². The highest BCUT2D eigenvalue weighted by molar-refractivity contribution is 5.32. The van der Waals surface area contributed by atoms with Crippen molar-refractivity contribution >= 4 is 0 Å². The molecule has 4 heteroatoms. The predicted molar refractivity (Wildman–Crippen MR) is 67.7 cm³/mol. The number of halogens is 1. The normalized spacial score (nSPS) is 23.4. The van der Waals surface area contributed by atoms with Crippen molar-refractivity contribution in [3.8, 4) is 5.75 Å². The molecule has 0 spiro atoms. The van der Waals surface area contributed by atoms with Crippen LogP contribution < -0.4 is 5.32 Å². The molecule has 1 saturated carbocycles. The van der Waals surface area contributed by atoms with Crippen LogP contribution in [0.4, 0.5) is 4.39 Å². The van der Waals surface area contributed by atoms with Gasteiger partial charge < -0.3 is 15.5 Å².